The Balaban J connectivity index is 1.03. The van der Waals surface area contributed by atoms with Crippen molar-refractivity contribution in [2.45, 2.75) is 71.3 Å². The molecule has 6 rings (SSSR count). The molecular formula is C43H48N4O5. The molecule has 9 heteroatoms. The molecule has 1 fully saturated rings. The summed E-state index contributed by atoms with van der Waals surface area (Å²) in [5.74, 6) is 2.16. The van der Waals surface area contributed by atoms with Gasteiger partial charge >= 0.3 is 5.97 Å². The average Bonchev–Trinajstić information content (AvgIpc) is 3.18. The number of hydrogen-bond donors (Lipinski definition) is 2. The molecule has 1 saturated carbocycles. The van der Waals surface area contributed by atoms with Crippen LogP contribution in [0.5, 0.6) is 5.75 Å². The summed E-state index contributed by atoms with van der Waals surface area (Å²) < 4.78 is 5.22. The number of aromatic nitrogens is 2. The number of carbonyl (C=O) groups is 3. The van der Waals surface area contributed by atoms with Gasteiger partial charge in [-0.3, -0.25) is 14.4 Å². The largest absolute Gasteiger partial charge is 0.497 e. The van der Waals surface area contributed by atoms with E-state index in [0.29, 0.717) is 22.8 Å². The smallest absolute Gasteiger partial charge is 0.323 e. The second-order valence-electron chi connectivity index (χ2n) is 14.2. The molecule has 0 aliphatic heterocycles. The zero-order valence-electron chi connectivity index (χ0n) is 30.1. The van der Waals surface area contributed by atoms with E-state index in [9.17, 15) is 19.5 Å². The Morgan fingerprint density at radius 3 is 2.23 bits per heavy atom. The molecule has 3 aromatic carbocycles. The van der Waals surface area contributed by atoms with Crippen LogP contribution in [0, 0.1) is 17.8 Å². The molecular weight excluding hydrogens is 652 g/mol. The van der Waals surface area contributed by atoms with Crippen LogP contribution in [-0.4, -0.2) is 51.4 Å². The van der Waals surface area contributed by atoms with Gasteiger partial charge in [0.2, 0.25) is 5.91 Å². The molecule has 1 heterocycles. The van der Waals surface area contributed by atoms with Crippen molar-refractivity contribution in [3.05, 3.63) is 114 Å². The third-order valence-corrected chi connectivity index (χ3v) is 10.7. The van der Waals surface area contributed by atoms with Crippen molar-refractivity contribution >= 4 is 29.0 Å². The first-order chi connectivity index (χ1) is 25.3. The topological polar surface area (TPSA) is 122 Å². The van der Waals surface area contributed by atoms with Crippen LogP contribution in [0.15, 0.2) is 91.3 Å². The summed E-state index contributed by atoms with van der Waals surface area (Å²) in [6.45, 7) is 1.98. The molecule has 2 N–H and O–H groups in total. The zero-order chi connectivity index (χ0) is 36.5. The number of anilines is 1. The second-order valence-corrected chi connectivity index (χ2v) is 14.2. The van der Waals surface area contributed by atoms with Gasteiger partial charge in [0.1, 0.15) is 12.3 Å². The van der Waals surface area contributed by atoms with Crippen molar-refractivity contribution < 1.29 is 24.2 Å². The maximum Gasteiger partial charge on any atom is 0.323 e. The number of nitrogens with zero attached hydrogens (tertiary/aromatic N) is 3. The predicted molar refractivity (Wildman–Crippen MR) is 203 cm³/mol. The number of allylic oxidation sites excluding steroid dienone is 2. The SMILES string of the molecule is CCC1CCC(C2CC=C(c3cnc(-c4ccc(CN(CC(=O)O)C(=O)c5ccc(NC(=O)Cc6cccc(OC)c6)cc5)cc4)nc3)CC2)CC1. The van der Waals surface area contributed by atoms with Crippen LogP contribution >= 0.6 is 0 Å². The highest BCUT2D eigenvalue weighted by atomic mass is 16.5. The first-order valence-electron chi connectivity index (χ1n) is 18.4. The summed E-state index contributed by atoms with van der Waals surface area (Å²) in [6, 6.07) is 21.3. The summed E-state index contributed by atoms with van der Waals surface area (Å²) in [5, 5.41) is 12.4. The number of nitrogens with one attached hydrogen (secondary N) is 1. The van der Waals surface area contributed by atoms with E-state index in [0.717, 1.165) is 52.8 Å². The van der Waals surface area contributed by atoms with Crippen LogP contribution in [0.2, 0.25) is 0 Å². The van der Waals surface area contributed by atoms with E-state index in [2.05, 4.69) is 28.3 Å². The average molecular weight is 701 g/mol. The molecule has 9 nitrogen and oxygen atoms in total. The number of benzene rings is 3. The zero-order valence-corrected chi connectivity index (χ0v) is 30.1. The lowest BCUT2D eigenvalue weighted by Crippen LogP contribution is -2.35. The van der Waals surface area contributed by atoms with Gasteiger partial charge in [-0.1, -0.05) is 68.7 Å². The van der Waals surface area contributed by atoms with Crippen LogP contribution in [0.1, 0.15) is 85.3 Å². The van der Waals surface area contributed by atoms with Crippen molar-refractivity contribution in [3.8, 4) is 17.1 Å². The van der Waals surface area contributed by atoms with E-state index in [1.807, 2.05) is 54.9 Å². The summed E-state index contributed by atoms with van der Waals surface area (Å²) >= 11 is 0. The number of rotatable bonds is 13. The monoisotopic (exact) mass is 700 g/mol. The minimum Gasteiger partial charge on any atom is -0.497 e. The van der Waals surface area contributed by atoms with Crippen molar-refractivity contribution in [2.75, 3.05) is 19.0 Å². The van der Waals surface area contributed by atoms with E-state index in [1.54, 1.807) is 37.4 Å². The number of carboxylic acid groups (broad SMARTS) is 1. The number of aliphatic carboxylic acids is 1. The molecule has 0 radical (unpaired) electrons. The first kappa shape index (κ1) is 36.5. The van der Waals surface area contributed by atoms with E-state index in [1.165, 1.54) is 49.0 Å². The molecule has 52 heavy (non-hydrogen) atoms. The maximum atomic E-state index is 13.4. The van der Waals surface area contributed by atoms with Gasteiger partial charge in [0.05, 0.1) is 13.5 Å². The quantitative estimate of drug-likeness (QED) is 0.144. The fourth-order valence-corrected chi connectivity index (χ4v) is 7.65. The maximum absolute atomic E-state index is 13.4. The number of ether oxygens (including phenoxy) is 1. The van der Waals surface area contributed by atoms with Crippen LogP contribution in [0.4, 0.5) is 5.69 Å². The first-order valence-corrected chi connectivity index (χ1v) is 18.4. The molecule has 0 bridgehead atoms. The Kier molecular flexibility index (Phi) is 12.1. The highest BCUT2D eigenvalue weighted by Gasteiger charge is 2.28. The summed E-state index contributed by atoms with van der Waals surface area (Å²) in [7, 11) is 1.57. The standard InChI is InChI=1S/C43H48N4O5/c1-3-29-7-11-32(12-8-29)33-15-17-34(18-16-33)37-25-44-42(45-26-37)35-13-9-30(10-14-35)27-47(28-41(49)50)43(51)36-19-21-38(22-20-36)46-40(48)24-31-5-4-6-39(23-31)52-2/h4-6,9-10,13-14,17,19-23,25-26,29,32-33H,3,7-8,11-12,15-16,18,24,27-28H2,1-2H3,(H,46,48)(H,49,50). The minimum absolute atomic E-state index is 0.111. The lowest BCUT2D eigenvalue weighted by molar-refractivity contribution is -0.137. The molecule has 4 aromatic rings. The van der Waals surface area contributed by atoms with Crippen molar-refractivity contribution in [2.24, 2.45) is 17.8 Å². The van der Waals surface area contributed by atoms with Crippen LogP contribution in [0.3, 0.4) is 0 Å². The molecule has 0 spiro atoms. The predicted octanol–water partition coefficient (Wildman–Crippen LogP) is 8.46. The fraction of sp³-hybridized carbons (Fsp3) is 0.372. The molecule has 2 amide bonds. The van der Waals surface area contributed by atoms with Gasteiger partial charge in [-0.25, -0.2) is 9.97 Å². The number of carbonyl (C=O) groups excluding carboxylic acids is 2. The Morgan fingerprint density at radius 1 is 0.865 bits per heavy atom. The minimum atomic E-state index is -1.11. The Morgan fingerprint density at radius 2 is 1.60 bits per heavy atom. The molecule has 0 saturated heterocycles. The van der Waals surface area contributed by atoms with E-state index in [4.69, 9.17) is 4.74 Å². The highest BCUT2D eigenvalue weighted by Crippen LogP contribution is 2.41. The Labute approximate surface area is 306 Å². The lowest BCUT2D eigenvalue weighted by atomic mass is 9.71. The lowest BCUT2D eigenvalue weighted by Gasteiger charge is -2.35. The third-order valence-electron chi connectivity index (χ3n) is 10.7. The van der Waals surface area contributed by atoms with Crippen molar-refractivity contribution in [3.63, 3.8) is 0 Å². The van der Waals surface area contributed by atoms with Gasteiger partial charge in [0, 0.05) is 41.3 Å². The van der Waals surface area contributed by atoms with E-state index in [-0.39, 0.29) is 18.9 Å². The highest BCUT2D eigenvalue weighted by molar-refractivity contribution is 5.97. The van der Waals surface area contributed by atoms with Crippen molar-refractivity contribution in [1.29, 1.82) is 0 Å². The second kappa shape index (κ2) is 17.3. The van der Waals surface area contributed by atoms with Crippen LogP contribution in [-0.2, 0) is 22.6 Å². The number of amides is 2. The fourth-order valence-electron chi connectivity index (χ4n) is 7.65. The number of methoxy groups -OCH3 is 1. The van der Waals surface area contributed by atoms with Crippen LogP contribution in [0.25, 0.3) is 17.0 Å². The third kappa shape index (κ3) is 9.51. The summed E-state index contributed by atoms with van der Waals surface area (Å²) in [5.41, 5.74) is 5.71. The molecule has 2 aliphatic rings. The Hall–Kier alpha value is -5.31. The summed E-state index contributed by atoms with van der Waals surface area (Å²) in [4.78, 5) is 48.4. The Bertz CT molecular complexity index is 1860. The van der Waals surface area contributed by atoms with Gasteiger partial charge in [0.25, 0.3) is 5.91 Å². The molecule has 1 aromatic heterocycles. The van der Waals surface area contributed by atoms with Gasteiger partial charge < -0.3 is 20.1 Å². The van der Waals surface area contributed by atoms with E-state index < -0.39 is 18.4 Å². The van der Waals surface area contributed by atoms with Gasteiger partial charge in [-0.2, -0.15) is 0 Å². The van der Waals surface area contributed by atoms with Crippen LogP contribution < -0.4 is 10.1 Å². The van der Waals surface area contributed by atoms with E-state index >= 15 is 0 Å². The molecule has 270 valence electrons. The molecule has 1 unspecified atom stereocenters. The van der Waals surface area contributed by atoms with Gasteiger partial charge in [0.15, 0.2) is 5.82 Å². The molecule has 2 aliphatic carbocycles. The normalized spacial score (nSPS) is 18.6. The number of hydrogen-bond acceptors (Lipinski definition) is 6. The molecule has 1 atom stereocenters. The van der Waals surface area contributed by atoms with Gasteiger partial charge in [-0.05, 0) is 103 Å². The van der Waals surface area contributed by atoms with Gasteiger partial charge in [-0.15, -0.1) is 0 Å². The number of carboxylic acids is 1. The van der Waals surface area contributed by atoms with Crippen molar-refractivity contribution in [1.82, 2.24) is 14.9 Å². The summed E-state index contributed by atoms with van der Waals surface area (Å²) in [6.07, 6.45) is 16.8.